The Balaban J connectivity index is 1.05. The van der Waals surface area contributed by atoms with E-state index in [1.54, 1.807) is 0 Å². The Bertz CT molecular complexity index is 3490. The molecule has 12 rings (SSSR count). The molecule has 3 aromatic heterocycles. The van der Waals surface area contributed by atoms with Crippen molar-refractivity contribution >= 4 is 65.3 Å². The van der Waals surface area contributed by atoms with Gasteiger partial charge in [-0.25, -0.2) is 15.0 Å². The summed E-state index contributed by atoms with van der Waals surface area (Å²) in [5, 5.41) is 9.38. The van der Waals surface area contributed by atoms with Gasteiger partial charge in [-0.15, -0.1) is 0 Å². The molecule has 0 N–H and O–H groups in total. The highest BCUT2D eigenvalue weighted by molar-refractivity contribution is 6.24. The Hall–Kier alpha value is -7.89. The van der Waals surface area contributed by atoms with Crippen molar-refractivity contribution in [3.8, 4) is 51.0 Å². The summed E-state index contributed by atoms with van der Waals surface area (Å²) in [5.41, 5.74) is 9.89. The van der Waals surface area contributed by atoms with Crippen molar-refractivity contribution in [1.29, 1.82) is 0 Å². The Labute approximate surface area is 333 Å². The fourth-order valence-corrected chi connectivity index (χ4v) is 8.67. The van der Waals surface area contributed by atoms with E-state index in [0.717, 1.165) is 77.2 Å². The van der Waals surface area contributed by atoms with E-state index in [9.17, 15) is 0 Å². The zero-order chi connectivity index (χ0) is 38.2. The maximum absolute atomic E-state index is 7.18. The van der Waals surface area contributed by atoms with Crippen LogP contribution in [-0.2, 0) is 0 Å². The molecule has 0 aliphatic heterocycles. The first-order valence-electron chi connectivity index (χ1n) is 19.5. The molecule has 12 aromatic rings. The third kappa shape index (κ3) is 5.07. The smallest absolute Gasteiger partial charge is 0.164 e. The Kier molecular flexibility index (Phi) is 7.16. The quantitative estimate of drug-likeness (QED) is 0.176. The fraction of sp³-hybridized carbons (Fsp3) is 0. The zero-order valence-corrected chi connectivity index (χ0v) is 31.2. The highest BCUT2D eigenvalue weighted by atomic mass is 16.3. The van der Waals surface area contributed by atoms with E-state index in [0.29, 0.717) is 17.5 Å². The lowest BCUT2D eigenvalue weighted by atomic mass is 9.96. The number of nitrogens with zero attached hydrogens (tertiary/aromatic N) is 4. The van der Waals surface area contributed by atoms with E-state index < -0.39 is 0 Å². The Morgan fingerprint density at radius 1 is 0.345 bits per heavy atom. The highest BCUT2D eigenvalue weighted by Gasteiger charge is 2.22. The van der Waals surface area contributed by atoms with Crippen molar-refractivity contribution in [2.75, 3.05) is 0 Å². The van der Waals surface area contributed by atoms with Crippen LogP contribution in [-0.4, -0.2) is 19.5 Å². The van der Waals surface area contributed by atoms with Crippen LogP contribution in [0.2, 0.25) is 0 Å². The van der Waals surface area contributed by atoms with Crippen molar-refractivity contribution in [3.63, 3.8) is 0 Å². The van der Waals surface area contributed by atoms with Gasteiger partial charge in [0.1, 0.15) is 5.58 Å². The van der Waals surface area contributed by atoms with Crippen LogP contribution in [0.4, 0.5) is 0 Å². The number of fused-ring (bicyclic) bond motifs is 9. The lowest BCUT2D eigenvalue weighted by Crippen LogP contribution is -2.00. The lowest BCUT2D eigenvalue weighted by molar-refractivity contribution is 0.667. The molecule has 0 amide bonds. The number of aromatic nitrogens is 4. The van der Waals surface area contributed by atoms with Crippen LogP contribution >= 0.6 is 0 Å². The van der Waals surface area contributed by atoms with Gasteiger partial charge in [0.2, 0.25) is 0 Å². The van der Waals surface area contributed by atoms with Crippen LogP contribution in [0.3, 0.4) is 0 Å². The number of hydrogen-bond donors (Lipinski definition) is 0. The first-order valence-corrected chi connectivity index (χ1v) is 19.5. The second-order valence-electron chi connectivity index (χ2n) is 14.8. The molecule has 0 radical (unpaired) electrons. The molecule has 0 unspecified atom stereocenters. The summed E-state index contributed by atoms with van der Waals surface area (Å²) >= 11 is 0. The van der Waals surface area contributed by atoms with E-state index in [1.807, 2.05) is 60.7 Å². The number of furan rings is 1. The van der Waals surface area contributed by atoms with Crippen molar-refractivity contribution in [2.24, 2.45) is 0 Å². The van der Waals surface area contributed by atoms with Crippen LogP contribution in [0.25, 0.3) is 116 Å². The molecule has 0 saturated heterocycles. The first kappa shape index (κ1) is 32.4. The highest BCUT2D eigenvalue weighted by Crippen LogP contribution is 2.44. The van der Waals surface area contributed by atoms with E-state index in [1.165, 1.54) is 21.5 Å². The molecule has 58 heavy (non-hydrogen) atoms. The number of benzene rings is 9. The van der Waals surface area contributed by atoms with Gasteiger partial charge in [0.25, 0.3) is 0 Å². The zero-order valence-electron chi connectivity index (χ0n) is 31.2. The van der Waals surface area contributed by atoms with Crippen LogP contribution < -0.4 is 0 Å². The van der Waals surface area contributed by atoms with Crippen molar-refractivity contribution < 1.29 is 4.42 Å². The fourth-order valence-electron chi connectivity index (χ4n) is 8.67. The minimum absolute atomic E-state index is 0.621. The van der Waals surface area contributed by atoms with E-state index >= 15 is 0 Å². The standard InChI is InChI=1S/C53H32N4O/c1-3-14-34(15-4-1)51-54-52(35-16-5-2-6-17-35)56-53(55-51)36-28-26-33(27-29-36)43-31-39-20-9-10-21-40(39)48-42-23-13-25-46(49(42)58-50(43)48)57-45-24-12-11-22-41(45)44-30-37-18-7-8-19-38(37)32-47(44)57/h1-32H. The molecule has 0 fully saturated rings. The molecule has 3 heterocycles. The second-order valence-corrected chi connectivity index (χ2v) is 14.8. The van der Waals surface area contributed by atoms with Gasteiger partial charge in [-0.05, 0) is 57.4 Å². The molecule has 0 saturated carbocycles. The van der Waals surface area contributed by atoms with Crippen LogP contribution in [0, 0.1) is 0 Å². The van der Waals surface area contributed by atoms with Crippen molar-refractivity contribution in [2.45, 2.75) is 0 Å². The van der Waals surface area contributed by atoms with Gasteiger partial charge in [-0.3, -0.25) is 0 Å². The van der Waals surface area contributed by atoms with Gasteiger partial charge in [0, 0.05) is 43.8 Å². The van der Waals surface area contributed by atoms with Crippen molar-refractivity contribution in [1.82, 2.24) is 19.5 Å². The average Bonchev–Trinajstić information content (AvgIpc) is 3.85. The van der Waals surface area contributed by atoms with Gasteiger partial charge in [-0.1, -0.05) is 164 Å². The molecular formula is C53H32N4O. The summed E-state index contributed by atoms with van der Waals surface area (Å²) in [4.78, 5) is 14.8. The molecule has 0 atom stereocenters. The van der Waals surface area contributed by atoms with Crippen LogP contribution in [0.15, 0.2) is 199 Å². The minimum Gasteiger partial charge on any atom is -0.453 e. The van der Waals surface area contributed by atoms with Gasteiger partial charge < -0.3 is 8.98 Å². The molecule has 5 heteroatoms. The number of para-hydroxylation sites is 2. The molecule has 9 aromatic carbocycles. The molecule has 0 aliphatic rings. The van der Waals surface area contributed by atoms with Gasteiger partial charge in [-0.2, -0.15) is 0 Å². The summed E-state index contributed by atoms with van der Waals surface area (Å²) in [5.74, 6) is 1.90. The number of hydrogen-bond acceptors (Lipinski definition) is 4. The van der Waals surface area contributed by atoms with Gasteiger partial charge in [0.05, 0.1) is 16.7 Å². The largest absolute Gasteiger partial charge is 0.453 e. The summed E-state index contributed by atoms with van der Waals surface area (Å²) in [6, 6.07) is 68.0. The van der Waals surface area contributed by atoms with Crippen molar-refractivity contribution in [3.05, 3.63) is 194 Å². The van der Waals surface area contributed by atoms with E-state index in [-0.39, 0.29) is 0 Å². The SMILES string of the molecule is c1ccc(-c2nc(-c3ccccc3)nc(-c3ccc(-c4cc5ccccc5c5c4oc4c(-n6c7ccccc7c7cc8ccccc8cc76)cccc45)cc3)n2)cc1. The third-order valence-corrected chi connectivity index (χ3v) is 11.4. The number of rotatable bonds is 5. The topological polar surface area (TPSA) is 56.7 Å². The van der Waals surface area contributed by atoms with Crippen LogP contribution in [0.1, 0.15) is 0 Å². The molecule has 0 bridgehead atoms. The maximum Gasteiger partial charge on any atom is 0.164 e. The van der Waals surface area contributed by atoms with Gasteiger partial charge in [0.15, 0.2) is 23.1 Å². The molecule has 270 valence electrons. The van der Waals surface area contributed by atoms with E-state index in [2.05, 4.69) is 138 Å². The summed E-state index contributed by atoms with van der Waals surface area (Å²) in [7, 11) is 0. The monoisotopic (exact) mass is 740 g/mol. The lowest BCUT2D eigenvalue weighted by Gasteiger charge is -2.10. The summed E-state index contributed by atoms with van der Waals surface area (Å²) in [6.45, 7) is 0. The predicted octanol–water partition coefficient (Wildman–Crippen LogP) is 13.8. The normalized spacial score (nSPS) is 11.8. The van der Waals surface area contributed by atoms with Gasteiger partial charge >= 0.3 is 0 Å². The van der Waals surface area contributed by atoms with Crippen LogP contribution in [0.5, 0.6) is 0 Å². The molecule has 0 aliphatic carbocycles. The first-order chi connectivity index (χ1) is 28.7. The Morgan fingerprint density at radius 2 is 0.879 bits per heavy atom. The summed E-state index contributed by atoms with van der Waals surface area (Å²) < 4.78 is 9.55. The predicted molar refractivity (Wildman–Crippen MR) is 238 cm³/mol. The maximum atomic E-state index is 7.18. The Morgan fingerprint density at radius 3 is 1.57 bits per heavy atom. The average molecular weight is 741 g/mol. The second kappa shape index (κ2) is 12.8. The minimum atomic E-state index is 0.621. The summed E-state index contributed by atoms with van der Waals surface area (Å²) in [6.07, 6.45) is 0. The third-order valence-electron chi connectivity index (χ3n) is 11.4. The molecular weight excluding hydrogens is 709 g/mol. The molecule has 5 nitrogen and oxygen atoms in total. The van der Waals surface area contributed by atoms with E-state index in [4.69, 9.17) is 19.4 Å². The molecule has 0 spiro atoms.